The van der Waals surface area contributed by atoms with Crippen LogP contribution < -0.4 is 10.1 Å². The molecular formula is C16H15FN4O2. The predicted molar refractivity (Wildman–Crippen MR) is 83.8 cm³/mol. The molecule has 0 aliphatic carbocycles. The number of ether oxygens (including phenoxy) is 1. The number of carbonyl (C=O) groups excluding carboxylic acids is 1. The molecule has 0 unspecified atom stereocenters. The number of carbonyl (C=O) groups is 1. The van der Waals surface area contributed by atoms with Gasteiger partial charge in [0.25, 0.3) is 5.91 Å². The number of fused-ring (bicyclic) bond motifs is 1. The zero-order chi connectivity index (χ0) is 16.4. The van der Waals surface area contributed by atoms with E-state index in [4.69, 9.17) is 4.74 Å². The molecule has 0 bridgehead atoms. The van der Waals surface area contributed by atoms with Gasteiger partial charge in [-0.2, -0.15) is 5.10 Å². The SMILES string of the molecule is Cc1nn(C)c2ncc(NC(=O)COc3ccc(F)cc3)cc12. The van der Waals surface area contributed by atoms with Crippen LogP contribution in [0.1, 0.15) is 5.69 Å². The van der Waals surface area contributed by atoms with E-state index < -0.39 is 0 Å². The van der Waals surface area contributed by atoms with E-state index in [0.29, 0.717) is 11.4 Å². The van der Waals surface area contributed by atoms with E-state index in [1.807, 2.05) is 20.0 Å². The van der Waals surface area contributed by atoms with Gasteiger partial charge in [0.2, 0.25) is 0 Å². The molecule has 2 heterocycles. The van der Waals surface area contributed by atoms with E-state index in [0.717, 1.165) is 16.7 Å². The van der Waals surface area contributed by atoms with Crippen molar-refractivity contribution < 1.29 is 13.9 Å². The van der Waals surface area contributed by atoms with Crippen LogP contribution in [0.15, 0.2) is 36.5 Å². The Morgan fingerprint density at radius 2 is 2.09 bits per heavy atom. The Morgan fingerprint density at radius 1 is 1.35 bits per heavy atom. The van der Waals surface area contributed by atoms with Gasteiger partial charge in [0.05, 0.1) is 17.6 Å². The molecule has 1 N–H and O–H groups in total. The van der Waals surface area contributed by atoms with Crippen molar-refractivity contribution in [3.05, 3.63) is 48.0 Å². The molecule has 3 rings (SSSR count). The highest BCUT2D eigenvalue weighted by molar-refractivity contribution is 5.94. The van der Waals surface area contributed by atoms with Crippen molar-refractivity contribution in [3.8, 4) is 5.75 Å². The van der Waals surface area contributed by atoms with E-state index in [9.17, 15) is 9.18 Å². The number of anilines is 1. The average molecular weight is 314 g/mol. The molecule has 0 fully saturated rings. The molecule has 3 aromatic rings. The number of halogens is 1. The molecule has 0 aliphatic rings. The van der Waals surface area contributed by atoms with Crippen molar-refractivity contribution in [3.63, 3.8) is 0 Å². The van der Waals surface area contributed by atoms with Crippen LogP contribution >= 0.6 is 0 Å². The number of nitrogens with one attached hydrogen (secondary N) is 1. The third kappa shape index (κ3) is 3.28. The molecule has 0 spiro atoms. The van der Waals surface area contributed by atoms with E-state index in [2.05, 4.69) is 15.4 Å². The van der Waals surface area contributed by atoms with E-state index >= 15 is 0 Å². The Kier molecular flexibility index (Phi) is 3.92. The summed E-state index contributed by atoms with van der Waals surface area (Å²) >= 11 is 0. The van der Waals surface area contributed by atoms with E-state index in [1.165, 1.54) is 24.3 Å². The van der Waals surface area contributed by atoms with Gasteiger partial charge in [0, 0.05) is 12.4 Å². The van der Waals surface area contributed by atoms with Gasteiger partial charge in [-0.15, -0.1) is 0 Å². The quantitative estimate of drug-likeness (QED) is 0.803. The Morgan fingerprint density at radius 3 is 2.83 bits per heavy atom. The first-order chi connectivity index (χ1) is 11.0. The molecule has 0 aliphatic heterocycles. The minimum absolute atomic E-state index is 0.171. The standard InChI is InChI=1S/C16H15FN4O2/c1-10-14-7-12(8-18-16(14)21(2)20-10)19-15(22)9-23-13-5-3-11(17)4-6-13/h3-8H,9H2,1-2H3,(H,19,22). The summed E-state index contributed by atoms with van der Waals surface area (Å²) in [5.41, 5.74) is 2.16. The molecule has 0 saturated carbocycles. The van der Waals surface area contributed by atoms with Gasteiger partial charge in [0.15, 0.2) is 12.3 Å². The lowest BCUT2D eigenvalue weighted by molar-refractivity contribution is -0.118. The second-order valence-corrected chi connectivity index (χ2v) is 5.09. The smallest absolute Gasteiger partial charge is 0.262 e. The zero-order valence-corrected chi connectivity index (χ0v) is 12.7. The highest BCUT2D eigenvalue weighted by Gasteiger charge is 2.09. The Labute approximate surface area is 131 Å². The Balaban J connectivity index is 1.65. The number of aromatic nitrogens is 3. The fraction of sp³-hybridized carbons (Fsp3) is 0.188. The molecule has 118 valence electrons. The highest BCUT2D eigenvalue weighted by Crippen LogP contribution is 2.19. The van der Waals surface area contributed by atoms with Gasteiger partial charge >= 0.3 is 0 Å². The predicted octanol–water partition coefficient (Wildman–Crippen LogP) is 2.43. The Hall–Kier alpha value is -2.96. The van der Waals surface area contributed by atoms with Crippen molar-refractivity contribution in [2.75, 3.05) is 11.9 Å². The van der Waals surface area contributed by atoms with Crippen LogP contribution in [0.2, 0.25) is 0 Å². The van der Waals surface area contributed by atoms with Gasteiger partial charge in [-0.3, -0.25) is 9.48 Å². The zero-order valence-electron chi connectivity index (χ0n) is 12.7. The molecule has 23 heavy (non-hydrogen) atoms. The molecule has 1 aromatic carbocycles. The summed E-state index contributed by atoms with van der Waals surface area (Å²) in [6, 6.07) is 7.30. The number of hydrogen-bond donors (Lipinski definition) is 1. The lowest BCUT2D eigenvalue weighted by Gasteiger charge is -2.07. The van der Waals surface area contributed by atoms with Crippen molar-refractivity contribution in [1.82, 2.24) is 14.8 Å². The number of rotatable bonds is 4. The largest absolute Gasteiger partial charge is 0.484 e. The fourth-order valence-corrected chi connectivity index (χ4v) is 2.25. The molecule has 0 atom stereocenters. The summed E-state index contributed by atoms with van der Waals surface area (Å²) in [6.07, 6.45) is 1.57. The first-order valence-corrected chi connectivity index (χ1v) is 7.00. The van der Waals surface area contributed by atoms with Crippen LogP contribution in [0.3, 0.4) is 0 Å². The summed E-state index contributed by atoms with van der Waals surface area (Å²) in [6.45, 7) is 1.71. The van der Waals surface area contributed by atoms with E-state index in [1.54, 1.807) is 10.9 Å². The average Bonchev–Trinajstić information content (AvgIpc) is 2.81. The normalized spacial score (nSPS) is 10.7. The summed E-state index contributed by atoms with van der Waals surface area (Å²) < 4.78 is 19.8. The molecule has 0 radical (unpaired) electrons. The van der Waals surface area contributed by atoms with Crippen LogP contribution in [0.4, 0.5) is 10.1 Å². The van der Waals surface area contributed by atoms with Crippen molar-refractivity contribution in [1.29, 1.82) is 0 Å². The third-order valence-electron chi connectivity index (χ3n) is 3.33. The molecule has 7 heteroatoms. The van der Waals surface area contributed by atoms with Crippen LogP contribution in [0, 0.1) is 12.7 Å². The van der Waals surface area contributed by atoms with Gasteiger partial charge in [-0.25, -0.2) is 9.37 Å². The van der Waals surface area contributed by atoms with Crippen LogP contribution in [0.25, 0.3) is 11.0 Å². The van der Waals surface area contributed by atoms with Crippen molar-refractivity contribution >= 4 is 22.6 Å². The molecule has 6 nitrogen and oxygen atoms in total. The molecule has 1 amide bonds. The van der Waals surface area contributed by atoms with Gasteiger partial charge in [-0.1, -0.05) is 0 Å². The molecule has 0 saturated heterocycles. The van der Waals surface area contributed by atoms with Crippen molar-refractivity contribution in [2.45, 2.75) is 6.92 Å². The maximum atomic E-state index is 12.8. The van der Waals surface area contributed by atoms with Crippen molar-refractivity contribution in [2.24, 2.45) is 7.05 Å². The maximum absolute atomic E-state index is 12.8. The minimum Gasteiger partial charge on any atom is -0.484 e. The topological polar surface area (TPSA) is 69.0 Å². The van der Waals surface area contributed by atoms with Gasteiger partial charge in [-0.05, 0) is 37.3 Å². The Bertz CT molecular complexity index is 858. The first kappa shape index (κ1) is 15.0. The van der Waals surface area contributed by atoms with Crippen LogP contribution in [-0.2, 0) is 11.8 Å². The lowest BCUT2D eigenvalue weighted by atomic mass is 10.2. The fourth-order valence-electron chi connectivity index (χ4n) is 2.25. The number of aryl methyl sites for hydroxylation is 2. The summed E-state index contributed by atoms with van der Waals surface area (Å²) in [5, 5.41) is 7.87. The number of hydrogen-bond acceptors (Lipinski definition) is 4. The van der Waals surface area contributed by atoms with Gasteiger partial charge in [0.1, 0.15) is 11.6 Å². The molecule has 2 aromatic heterocycles. The molecular weight excluding hydrogens is 299 g/mol. The van der Waals surface area contributed by atoms with Crippen LogP contribution in [-0.4, -0.2) is 27.3 Å². The second-order valence-electron chi connectivity index (χ2n) is 5.09. The summed E-state index contributed by atoms with van der Waals surface area (Å²) in [4.78, 5) is 16.2. The first-order valence-electron chi connectivity index (χ1n) is 7.00. The highest BCUT2D eigenvalue weighted by atomic mass is 19.1. The minimum atomic E-state index is -0.354. The number of amides is 1. The van der Waals surface area contributed by atoms with E-state index in [-0.39, 0.29) is 18.3 Å². The third-order valence-corrected chi connectivity index (χ3v) is 3.33. The maximum Gasteiger partial charge on any atom is 0.262 e. The number of nitrogens with zero attached hydrogens (tertiary/aromatic N) is 3. The summed E-state index contributed by atoms with van der Waals surface area (Å²) in [7, 11) is 1.82. The van der Waals surface area contributed by atoms with Gasteiger partial charge < -0.3 is 10.1 Å². The number of pyridine rings is 1. The monoisotopic (exact) mass is 314 g/mol. The van der Waals surface area contributed by atoms with Crippen LogP contribution in [0.5, 0.6) is 5.75 Å². The number of benzene rings is 1. The second kappa shape index (κ2) is 6.04. The lowest BCUT2D eigenvalue weighted by Crippen LogP contribution is -2.20. The summed E-state index contributed by atoms with van der Waals surface area (Å²) in [5.74, 6) is -0.247.